The molecule has 0 aliphatic heterocycles. The van der Waals surface area contributed by atoms with Crippen LogP contribution in [-0.4, -0.2) is 17.3 Å². The number of nitrogens with one attached hydrogen (secondary N) is 1. The monoisotopic (exact) mass is 273 g/mol. The molecule has 0 heterocycles. The average molecular weight is 274 g/mol. The van der Waals surface area contributed by atoms with Crippen molar-refractivity contribution in [2.75, 3.05) is 6.54 Å². The van der Waals surface area contributed by atoms with Crippen molar-refractivity contribution in [1.82, 2.24) is 5.32 Å². The lowest BCUT2D eigenvalue weighted by Gasteiger charge is -2.16. The first-order valence-corrected chi connectivity index (χ1v) is 7.02. The molecule has 3 atom stereocenters. The SMILES string of the molecule is CC1CCCC1C(=O)NCC(Br)C1CC1. The Morgan fingerprint density at radius 2 is 2.13 bits per heavy atom. The summed E-state index contributed by atoms with van der Waals surface area (Å²) in [6.07, 6.45) is 6.18. The first-order valence-electron chi connectivity index (χ1n) is 6.10. The minimum absolute atomic E-state index is 0.281. The molecule has 15 heavy (non-hydrogen) atoms. The van der Waals surface area contributed by atoms with E-state index in [0.29, 0.717) is 10.7 Å². The van der Waals surface area contributed by atoms with Crippen LogP contribution in [0.1, 0.15) is 39.0 Å². The molecule has 0 bridgehead atoms. The summed E-state index contributed by atoms with van der Waals surface area (Å²) < 4.78 is 0. The summed E-state index contributed by atoms with van der Waals surface area (Å²) >= 11 is 3.64. The second-order valence-corrected chi connectivity index (χ2v) is 6.29. The van der Waals surface area contributed by atoms with Gasteiger partial charge in [0.25, 0.3) is 0 Å². The van der Waals surface area contributed by atoms with Gasteiger partial charge in [0.1, 0.15) is 0 Å². The molecule has 3 heteroatoms. The van der Waals surface area contributed by atoms with E-state index in [-0.39, 0.29) is 11.8 Å². The van der Waals surface area contributed by atoms with Gasteiger partial charge in [-0.25, -0.2) is 0 Å². The smallest absolute Gasteiger partial charge is 0.223 e. The van der Waals surface area contributed by atoms with Crippen LogP contribution in [0, 0.1) is 17.8 Å². The highest BCUT2D eigenvalue weighted by Crippen LogP contribution is 2.36. The van der Waals surface area contributed by atoms with Gasteiger partial charge in [0.05, 0.1) is 0 Å². The number of amides is 1. The first-order chi connectivity index (χ1) is 7.18. The van der Waals surface area contributed by atoms with Crippen molar-refractivity contribution in [3.05, 3.63) is 0 Å². The molecule has 2 aliphatic carbocycles. The number of alkyl halides is 1. The molecule has 86 valence electrons. The molecule has 0 spiro atoms. The maximum atomic E-state index is 11.9. The zero-order valence-corrected chi connectivity index (χ0v) is 10.9. The summed E-state index contributed by atoms with van der Waals surface area (Å²) in [5.41, 5.74) is 0. The van der Waals surface area contributed by atoms with Gasteiger partial charge < -0.3 is 5.32 Å². The van der Waals surface area contributed by atoms with E-state index in [9.17, 15) is 4.79 Å². The highest BCUT2D eigenvalue weighted by atomic mass is 79.9. The lowest BCUT2D eigenvalue weighted by Crippen LogP contribution is -2.36. The summed E-state index contributed by atoms with van der Waals surface area (Å²) in [7, 11) is 0. The van der Waals surface area contributed by atoms with Crippen LogP contribution >= 0.6 is 15.9 Å². The molecule has 0 aromatic rings. The van der Waals surface area contributed by atoms with Gasteiger partial charge in [-0.3, -0.25) is 4.79 Å². The molecular formula is C12H20BrNO. The van der Waals surface area contributed by atoms with Crippen LogP contribution in [-0.2, 0) is 4.79 Å². The molecule has 3 unspecified atom stereocenters. The second kappa shape index (κ2) is 4.86. The second-order valence-electron chi connectivity index (χ2n) is 5.11. The number of carbonyl (C=O) groups excluding carboxylic acids is 1. The van der Waals surface area contributed by atoms with Crippen molar-refractivity contribution >= 4 is 21.8 Å². The normalized spacial score (nSPS) is 32.7. The maximum absolute atomic E-state index is 11.9. The van der Waals surface area contributed by atoms with Crippen LogP contribution < -0.4 is 5.32 Å². The zero-order chi connectivity index (χ0) is 10.8. The molecule has 0 radical (unpaired) electrons. The molecule has 2 rings (SSSR count). The number of carbonyl (C=O) groups is 1. The van der Waals surface area contributed by atoms with Crippen molar-refractivity contribution in [1.29, 1.82) is 0 Å². The summed E-state index contributed by atoms with van der Waals surface area (Å²) in [5.74, 6) is 1.96. The fraction of sp³-hybridized carbons (Fsp3) is 0.917. The highest BCUT2D eigenvalue weighted by molar-refractivity contribution is 9.09. The van der Waals surface area contributed by atoms with Gasteiger partial charge in [0.2, 0.25) is 5.91 Å². The van der Waals surface area contributed by atoms with Gasteiger partial charge in [0.15, 0.2) is 0 Å². The maximum Gasteiger partial charge on any atom is 0.223 e. The summed E-state index contributed by atoms with van der Waals surface area (Å²) in [5, 5.41) is 3.09. The Hall–Kier alpha value is -0.0500. The minimum Gasteiger partial charge on any atom is -0.355 e. The molecule has 2 nitrogen and oxygen atoms in total. The van der Waals surface area contributed by atoms with Crippen molar-refractivity contribution in [2.45, 2.75) is 43.9 Å². The van der Waals surface area contributed by atoms with E-state index in [2.05, 4.69) is 28.2 Å². The van der Waals surface area contributed by atoms with Gasteiger partial charge in [-0.15, -0.1) is 0 Å². The third kappa shape index (κ3) is 2.96. The van der Waals surface area contributed by atoms with Crippen LogP contribution in [0.4, 0.5) is 0 Å². The topological polar surface area (TPSA) is 29.1 Å². The molecule has 2 aliphatic rings. The quantitative estimate of drug-likeness (QED) is 0.785. The summed E-state index contributed by atoms with van der Waals surface area (Å²) in [4.78, 5) is 12.4. The van der Waals surface area contributed by atoms with Crippen LogP contribution in [0.5, 0.6) is 0 Å². The molecular weight excluding hydrogens is 254 g/mol. The van der Waals surface area contributed by atoms with E-state index in [1.54, 1.807) is 0 Å². The average Bonchev–Trinajstić information content (AvgIpc) is 2.98. The molecule has 1 amide bonds. The highest BCUT2D eigenvalue weighted by Gasteiger charge is 2.32. The fourth-order valence-corrected chi connectivity index (χ4v) is 3.18. The van der Waals surface area contributed by atoms with Crippen molar-refractivity contribution in [2.24, 2.45) is 17.8 Å². The lowest BCUT2D eigenvalue weighted by atomic mass is 9.97. The third-order valence-electron chi connectivity index (χ3n) is 3.80. The Bertz CT molecular complexity index is 240. The number of rotatable bonds is 4. The van der Waals surface area contributed by atoms with E-state index >= 15 is 0 Å². The van der Waals surface area contributed by atoms with Gasteiger partial charge in [-0.1, -0.05) is 29.3 Å². The third-order valence-corrected chi connectivity index (χ3v) is 4.87. The standard InChI is InChI=1S/C12H20BrNO/c1-8-3-2-4-10(8)12(15)14-7-11(13)9-5-6-9/h8-11H,2-7H2,1H3,(H,14,15). The summed E-state index contributed by atoms with van der Waals surface area (Å²) in [6.45, 7) is 3.01. The predicted octanol–water partition coefficient (Wildman–Crippen LogP) is 2.71. The fourth-order valence-electron chi connectivity index (χ4n) is 2.49. The van der Waals surface area contributed by atoms with Gasteiger partial charge in [0, 0.05) is 17.3 Å². The number of hydrogen-bond donors (Lipinski definition) is 1. The summed E-state index contributed by atoms with van der Waals surface area (Å²) in [6, 6.07) is 0. The van der Waals surface area contributed by atoms with Crippen LogP contribution in [0.2, 0.25) is 0 Å². The Balaban J connectivity index is 1.71. The Morgan fingerprint density at radius 3 is 2.67 bits per heavy atom. The van der Waals surface area contributed by atoms with Gasteiger partial charge >= 0.3 is 0 Å². The molecule has 2 saturated carbocycles. The van der Waals surface area contributed by atoms with Crippen LogP contribution in [0.15, 0.2) is 0 Å². The predicted molar refractivity (Wildman–Crippen MR) is 65.0 cm³/mol. The van der Waals surface area contributed by atoms with E-state index < -0.39 is 0 Å². The van der Waals surface area contributed by atoms with E-state index in [0.717, 1.165) is 18.9 Å². The first kappa shape index (κ1) is 11.4. The lowest BCUT2D eigenvalue weighted by molar-refractivity contribution is -0.125. The molecule has 2 fully saturated rings. The van der Waals surface area contributed by atoms with Crippen LogP contribution in [0.25, 0.3) is 0 Å². The molecule has 1 N–H and O–H groups in total. The largest absolute Gasteiger partial charge is 0.355 e. The van der Waals surface area contributed by atoms with Crippen molar-refractivity contribution in [3.63, 3.8) is 0 Å². The van der Waals surface area contributed by atoms with Gasteiger partial charge in [-0.05, 0) is 37.5 Å². The Labute approximate surface area is 100 Å². The molecule has 0 aromatic carbocycles. The molecule has 0 aromatic heterocycles. The Morgan fingerprint density at radius 1 is 1.40 bits per heavy atom. The Kier molecular flexibility index (Phi) is 3.70. The minimum atomic E-state index is 0.281. The van der Waals surface area contributed by atoms with Crippen molar-refractivity contribution < 1.29 is 4.79 Å². The van der Waals surface area contributed by atoms with E-state index in [1.807, 2.05) is 0 Å². The van der Waals surface area contributed by atoms with Gasteiger partial charge in [-0.2, -0.15) is 0 Å². The zero-order valence-electron chi connectivity index (χ0n) is 9.34. The number of hydrogen-bond acceptors (Lipinski definition) is 1. The molecule has 0 saturated heterocycles. The van der Waals surface area contributed by atoms with Crippen molar-refractivity contribution in [3.8, 4) is 0 Å². The number of halogens is 1. The van der Waals surface area contributed by atoms with Crippen LogP contribution in [0.3, 0.4) is 0 Å². The van der Waals surface area contributed by atoms with E-state index in [4.69, 9.17) is 0 Å². The van der Waals surface area contributed by atoms with E-state index in [1.165, 1.54) is 25.7 Å².